The maximum Gasteiger partial charge on any atom is 0.273 e. The van der Waals surface area contributed by atoms with E-state index in [1.807, 2.05) is 6.92 Å². The van der Waals surface area contributed by atoms with Crippen LogP contribution in [0.3, 0.4) is 0 Å². The first kappa shape index (κ1) is 11.9. The third-order valence-electron chi connectivity index (χ3n) is 2.96. The number of aromatic nitrogens is 1. The van der Waals surface area contributed by atoms with Crippen molar-refractivity contribution in [3.05, 3.63) is 24.0 Å². The Morgan fingerprint density at radius 1 is 1.65 bits per heavy atom. The van der Waals surface area contributed by atoms with Crippen molar-refractivity contribution in [2.45, 2.75) is 19.4 Å². The number of rotatable bonds is 2. The number of carbonyl (C=O) groups is 1. The summed E-state index contributed by atoms with van der Waals surface area (Å²) in [5.74, 6) is -0.148. The first-order valence-corrected chi connectivity index (χ1v) is 5.71. The van der Waals surface area contributed by atoms with Crippen molar-refractivity contribution in [2.75, 3.05) is 13.2 Å². The zero-order chi connectivity index (χ0) is 12.3. The highest BCUT2D eigenvalue weighted by Gasteiger charge is 2.25. The Labute approximate surface area is 99.8 Å². The lowest BCUT2D eigenvalue weighted by Crippen LogP contribution is -2.44. The topological polar surface area (TPSA) is 71.5 Å². The molecule has 92 valence electrons. The first-order chi connectivity index (χ1) is 8.18. The fourth-order valence-electron chi connectivity index (χ4n) is 1.90. The van der Waals surface area contributed by atoms with Gasteiger partial charge in [-0.05, 0) is 24.5 Å². The monoisotopic (exact) mass is 236 g/mol. The zero-order valence-electron chi connectivity index (χ0n) is 9.72. The average molecular weight is 236 g/mol. The zero-order valence-corrected chi connectivity index (χ0v) is 9.72. The van der Waals surface area contributed by atoms with Gasteiger partial charge in [-0.1, -0.05) is 6.92 Å². The molecule has 2 N–H and O–H groups in total. The molecule has 1 amide bonds. The molecule has 1 aromatic heterocycles. The van der Waals surface area contributed by atoms with Gasteiger partial charge in [-0.15, -0.1) is 0 Å². The standard InChI is InChI=1S/C12H16N2O3/c1-8-7-17-6-4-9(8)14-12(16)11-10(15)3-2-5-13-11/h2-3,5,8-9,15H,4,6-7H2,1H3,(H,14,16). The summed E-state index contributed by atoms with van der Waals surface area (Å²) in [6.45, 7) is 3.34. The average Bonchev–Trinajstić information content (AvgIpc) is 2.32. The van der Waals surface area contributed by atoms with E-state index in [2.05, 4.69) is 10.3 Å². The van der Waals surface area contributed by atoms with E-state index >= 15 is 0 Å². The van der Waals surface area contributed by atoms with E-state index in [9.17, 15) is 9.90 Å². The van der Waals surface area contributed by atoms with Gasteiger partial charge in [0.15, 0.2) is 5.69 Å². The number of hydrogen-bond donors (Lipinski definition) is 2. The van der Waals surface area contributed by atoms with Crippen molar-refractivity contribution in [2.24, 2.45) is 5.92 Å². The minimum absolute atomic E-state index is 0.0752. The van der Waals surface area contributed by atoms with Gasteiger partial charge in [0.05, 0.1) is 6.61 Å². The number of nitrogens with one attached hydrogen (secondary N) is 1. The number of carbonyl (C=O) groups excluding carboxylic acids is 1. The Balaban J connectivity index is 2.04. The minimum atomic E-state index is -0.332. The molecule has 0 saturated carbocycles. The molecule has 0 bridgehead atoms. The number of pyridine rings is 1. The lowest BCUT2D eigenvalue weighted by molar-refractivity contribution is 0.0373. The van der Waals surface area contributed by atoms with Crippen molar-refractivity contribution in [1.29, 1.82) is 0 Å². The van der Waals surface area contributed by atoms with Crippen LogP contribution in [0.4, 0.5) is 0 Å². The quantitative estimate of drug-likeness (QED) is 0.801. The molecule has 1 aromatic rings. The molecule has 2 unspecified atom stereocenters. The lowest BCUT2D eigenvalue weighted by Gasteiger charge is -2.29. The van der Waals surface area contributed by atoms with Gasteiger partial charge in [-0.25, -0.2) is 4.98 Å². The molecule has 17 heavy (non-hydrogen) atoms. The highest BCUT2D eigenvalue weighted by Crippen LogP contribution is 2.16. The second-order valence-electron chi connectivity index (χ2n) is 4.29. The molecule has 2 atom stereocenters. The predicted octanol–water partition coefficient (Wildman–Crippen LogP) is 0.942. The summed E-state index contributed by atoms with van der Waals surface area (Å²) < 4.78 is 5.31. The first-order valence-electron chi connectivity index (χ1n) is 5.71. The van der Waals surface area contributed by atoms with Crippen LogP contribution in [0.1, 0.15) is 23.8 Å². The molecule has 2 rings (SSSR count). The van der Waals surface area contributed by atoms with Crippen LogP contribution in [-0.2, 0) is 4.74 Å². The number of hydrogen-bond acceptors (Lipinski definition) is 4. The van der Waals surface area contributed by atoms with E-state index in [1.54, 1.807) is 6.07 Å². The molecule has 0 spiro atoms. The number of amides is 1. The number of aromatic hydroxyl groups is 1. The largest absolute Gasteiger partial charge is 0.505 e. The maximum atomic E-state index is 11.9. The molecule has 1 aliphatic rings. The van der Waals surface area contributed by atoms with Gasteiger partial charge in [-0.3, -0.25) is 4.79 Å². The molecule has 1 saturated heterocycles. The fraction of sp³-hybridized carbons (Fsp3) is 0.500. The molecule has 0 radical (unpaired) electrons. The highest BCUT2D eigenvalue weighted by atomic mass is 16.5. The SMILES string of the molecule is CC1COCCC1NC(=O)c1ncccc1O. The van der Waals surface area contributed by atoms with Crippen molar-refractivity contribution in [3.63, 3.8) is 0 Å². The van der Waals surface area contributed by atoms with E-state index in [4.69, 9.17) is 4.74 Å². The normalized spacial score (nSPS) is 24.3. The predicted molar refractivity (Wildman–Crippen MR) is 61.8 cm³/mol. The van der Waals surface area contributed by atoms with Crippen molar-refractivity contribution in [3.8, 4) is 5.75 Å². The molecular weight excluding hydrogens is 220 g/mol. The van der Waals surface area contributed by atoms with Gasteiger partial charge >= 0.3 is 0 Å². The molecule has 1 aliphatic heterocycles. The smallest absolute Gasteiger partial charge is 0.273 e. The van der Waals surface area contributed by atoms with Gasteiger partial charge < -0.3 is 15.2 Å². The summed E-state index contributed by atoms with van der Waals surface area (Å²) in [6.07, 6.45) is 2.28. The van der Waals surface area contributed by atoms with Gasteiger partial charge in [0.25, 0.3) is 5.91 Å². The lowest BCUT2D eigenvalue weighted by atomic mass is 9.98. The number of nitrogens with zero attached hydrogens (tertiary/aromatic N) is 1. The molecular formula is C12H16N2O3. The highest BCUT2D eigenvalue weighted by molar-refractivity contribution is 5.94. The number of ether oxygens (including phenoxy) is 1. The Hall–Kier alpha value is -1.62. The van der Waals surface area contributed by atoms with Crippen LogP contribution in [-0.4, -0.2) is 35.3 Å². The van der Waals surface area contributed by atoms with E-state index in [0.29, 0.717) is 13.2 Å². The Kier molecular flexibility index (Phi) is 3.58. The van der Waals surface area contributed by atoms with Crippen molar-refractivity contribution >= 4 is 5.91 Å². The molecule has 0 aliphatic carbocycles. The second-order valence-corrected chi connectivity index (χ2v) is 4.29. The molecule has 5 nitrogen and oxygen atoms in total. The van der Waals surface area contributed by atoms with Gasteiger partial charge in [0, 0.05) is 18.8 Å². The Morgan fingerprint density at radius 3 is 3.18 bits per heavy atom. The molecule has 1 fully saturated rings. The van der Waals surface area contributed by atoms with E-state index in [0.717, 1.165) is 6.42 Å². The molecule has 0 aromatic carbocycles. The summed E-state index contributed by atoms with van der Waals surface area (Å²) in [7, 11) is 0. The third kappa shape index (κ3) is 2.74. The summed E-state index contributed by atoms with van der Waals surface area (Å²) >= 11 is 0. The summed E-state index contributed by atoms with van der Waals surface area (Å²) in [4.78, 5) is 15.8. The van der Waals surface area contributed by atoms with Crippen LogP contribution in [0.15, 0.2) is 18.3 Å². The van der Waals surface area contributed by atoms with Gasteiger partial charge in [-0.2, -0.15) is 0 Å². The van der Waals surface area contributed by atoms with Gasteiger partial charge in [0.2, 0.25) is 0 Å². The van der Waals surface area contributed by atoms with Crippen LogP contribution < -0.4 is 5.32 Å². The van der Waals surface area contributed by atoms with Crippen LogP contribution >= 0.6 is 0 Å². The van der Waals surface area contributed by atoms with E-state index < -0.39 is 0 Å². The van der Waals surface area contributed by atoms with Crippen LogP contribution in [0.25, 0.3) is 0 Å². The van der Waals surface area contributed by atoms with Crippen molar-refractivity contribution in [1.82, 2.24) is 10.3 Å². The van der Waals surface area contributed by atoms with Gasteiger partial charge in [0.1, 0.15) is 5.75 Å². The second kappa shape index (κ2) is 5.14. The summed E-state index contributed by atoms with van der Waals surface area (Å²) in [5, 5.41) is 12.4. The minimum Gasteiger partial charge on any atom is -0.505 e. The summed E-state index contributed by atoms with van der Waals surface area (Å²) in [5.41, 5.74) is 0.0752. The van der Waals surface area contributed by atoms with Crippen LogP contribution in [0, 0.1) is 5.92 Å². The Bertz CT molecular complexity index is 408. The van der Waals surface area contributed by atoms with Crippen LogP contribution in [0.2, 0.25) is 0 Å². The third-order valence-corrected chi connectivity index (χ3v) is 2.96. The molecule has 2 heterocycles. The molecule has 5 heteroatoms. The fourth-order valence-corrected chi connectivity index (χ4v) is 1.90. The van der Waals surface area contributed by atoms with Crippen molar-refractivity contribution < 1.29 is 14.6 Å². The summed E-state index contributed by atoms with van der Waals surface area (Å²) in [6, 6.07) is 3.12. The maximum absolute atomic E-state index is 11.9. The van der Waals surface area contributed by atoms with Crippen LogP contribution in [0.5, 0.6) is 5.75 Å². The van der Waals surface area contributed by atoms with E-state index in [-0.39, 0.29) is 29.3 Å². The Morgan fingerprint density at radius 2 is 2.47 bits per heavy atom. The van der Waals surface area contributed by atoms with E-state index in [1.165, 1.54) is 12.3 Å².